The summed E-state index contributed by atoms with van der Waals surface area (Å²) in [6.45, 7) is 0. The average molecular weight is 272 g/mol. The van der Waals surface area contributed by atoms with Gasteiger partial charge in [0.05, 0.1) is 19.5 Å². The number of anilines is 2. The third-order valence-corrected chi connectivity index (χ3v) is 2.89. The molecule has 2 rings (SSSR count). The number of carbonyl (C=O) groups is 1. The maximum absolute atomic E-state index is 12.3. The lowest BCUT2D eigenvalue weighted by Crippen LogP contribution is -2.27. The van der Waals surface area contributed by atoms with E-state index in [1.165, 1.54) is 17.3 Å². The van der Waals surface area contributed by atoms with E-state index in [-0.39, 0.29) is 5.91 Å². The van der Waals surface area contributed by atoms with E-state index in [0.29, 0.717) is 11.5 Å². The SMILES string of the molecule is CNc1cnc(C(=O)N(C)c2ccc(OC)cc2)cn1. The van der Waals surface area contributed by atoms with Crippen LogP contribution in [0, 0.1) is 0 Å². The largest absolute Gasteiger partial charge is 0.497 e. The fraction of sp³-hybridized carbons (Fsp3) is 0.214. The summed E-state index contributed by atoms with van der Waals surface area (Å²) in [5.41, 5.74) is 1.05. The fourth-order valence-corrected chi connectivity index (χ4v) is 1.66. The number of nitrogens with one attached hydrogen (secondary N) is 1. The smallest absolute Gasteiger partial charge is 0.278 e. The lowest BCUT2D eigenvalue weighted by atomic mass is 10.2. The molecule has 0 aliphatic heterocycles. The molecular weight excluding hydrogens is 256 g/mol. The van der Waals surface area contributed by atoms with E-state index in [1.54, 1.807) is 33.3 Å². The van der Waals surface area contributed by atoms with E-state index in [0.717, 1.165) is 11.4 Å². The first-order valence-electron chi connectivity index (χ1n) is 6.07. The minimum absolute atomic E-state index is 0.217. The molecule has 20 heavy (non-hydrogen) atoms. The first kappa shape index (κ1) is 13.8. The maximum Gasteiger partial charge on any atom is 0.278 e. The Balaban J connectivity index is 2.17. The van der Waals surface area contributed by atoms with Gasteiger partial charge >= 0.3 is 0 Å². The highest BCUT2D eigenvalue weighted by Gasteiger charge is 2.15. The summed E-state index contributed by atoms with van der Waals surface area (Å²) in [6, 6.07) is 7.22. The monoisotopic (exact) mass is 272 g/mol. The summed E-state index contributed by atoms with van der Waals surface area (Å²) in [6.07, 6.45) is 2.98. The first-order chi connectivity index (χ1) is 9.65. The van der Waals surface area contributed by atoms with Gasteiger partial charge in [0, 0.05) is 19.8 Å². The number of hydrogen-bond donors (Lipinski definition) is 1. The molecule has 2 aromatic rings. The first-order valence-corrected chi connectivity index (χ1v) is 6.07. The summed E-state index contributed by atoms with van der Waals surface area (Å²) in [5, 5.41) is 2.85. The number of amides is 1. The molecule has 1 aromatic carbocycles. The predicted molar refractivity (Wildman–Crippen MR) is 77.3 cm³/mol. The van der Waals surface area contributed by atoms with Crippen molar-refractivity contribution in [3.8, 4) is 5.75 Å². The van der Waals surface area contributed by atoms with Crippen molar-refractivity contribution in [2.24, 2.45) is 0 Å². The van der Waals surface area contributed by atoms with Gasteiger partial charge in [0.15, 0.2) is 0 Å². The number of nitrogens with zero attached hydrogens (tertiary/aromatic N) is 3. The van der Waals surface area contributed by atoms with Gasteiger partial charge in [-0.15, -0.1) is 0 Å². The van der Waals surface area contributed by atoms with Gasteiger partial charge < -0.3 is 15.0 Å². The zero-order valence-electron chi connectivity index (χ0n) is 11.6. The van der Waals surface area contributed by atoms with Crippen molar-refractivity contribution in [3.63, 3.8) is 0 Å². The third kappa shape index (κ3) is 2.85. The van der Waals surface area contributed by atoms with Crippen molar-refractivity contribution < 1.29 is 9.53 Å². The molecule has 6 nitrogen and oxygen atoms in total. The molecule has 1 amide bonds. The van der Waals surface area contributed by atoms with Crippen molar-refractivity contribution in [2.75, 3.05) is 31.4 Å². The van der Waals surface area contributed by atoms with Gasteiger partial charge in [0.1, 0.15) is 17.3 Å². The molecule has 0 unspecified atom stereocenters. The van der Waals surface area contributed by atoms with Crippen molar-refractivity contribution in [1.82, 2.24) is 9.97 Å². The van der Waals surface area contributed by atoms with Gasteiger partial charge in [-0.1, -0.05) is 0 Å². The molecule has 1 N–H and O–H groups in total. The molecule has 0 spiro atoms. The van der Waals surface area contributed by atoms with Gasteiger partial charge in [0.25, 0.3) is 5.91 Å². The Kier molecular flexibility index (Phi) is 4.14. The van der Waals surface area contributed by atoms with Gasteiger partial charge in [-0.2, -0.15) is 0 Å². The Morgan fingerprint density at radius 3 is 2.40 bits per heavy atom. The highest BCUT2D eigenvalue weighted by atomic mass is 16.5. The molecule has 1 heterocycles. The van der Waals surface area contributed by atoms with Crippen LogP contribution in [-0.2, 0) is 0 Å². The Bertz CT molecular complexity index is 581. The zero-order chi connectivity index (χ0) is 14.5. The van der Waals surface area contributed by atoms with Gasteiger partial charge in [0.2, 0.25) is 0 Å². The molecule has 104 valence electrons. The van der Waals surface area contributed by atoms with Crippen LogP contribution in [0.25, 0.3) is 0 Å². The topological polar surface area (TPSA) is 67.4 Å². The number of rotatable bonds is 4. The summed E-state index contributed by atoms with van der Waals surface area (Å²) < 4.78 is 5.09. The van der Waals surface area contributed by atoms with Crippen molar-refractivity contribution in [2.45, 2.75) is 0 Å². The summed E-state index contributed by atoms with van der Waals surface area (Å²) in [4.78, 5) is 22.0. The van der Waals surface area contributed by atoms with Crippen LogP contribution >= 0.6 is 0 Å². The Labute approximate surface area is 117 Å². The molecule has 1 aromatic heterocycles. The van der Waals surface area contributed by atoms with Crippen LogP contribution in [0.15, 0.2) is 36.7 Å². The highest BCUT2D eigenvalue weighted by Crippen LogP contribution is 2.19. The fourth-order valence-electron chi connectivity index (χ4n) is 1.66. The van der Waals surface area contributed by atoms with Gasteiger partial charge in [-0.25, -0.2) is 9.97 Å². The lowest BCUT2D eigenvalue weighted by molar-refractivity contribution is 0.0988. The van der Waals surface area contributed by atoms with Crippen LogP contribution in [0.1, 0.15) is 10.5 Å². The van der Waals surface area contributed by atoms with E-state index < -0.39 is 0 Å². The predicted octanol–water partition coefficient (Wildman–Crippen LogP) is 1.80. The Morgan fingerprint density at radius 2 is 1.90 bits per heavy atom. The molecule has 0 atom stereocenters. The molecular formula is C14H16N4O2. The van der Waals surface area contributed by atoms with Gasteiger partial charge in [-0.05, 0) is 24.3 Å². The average Bonchev–Trinajstić information content (AvgIpc) is 2.53. The minimum atomic E-state index is -0.217. The normalized spacial score (nSPS) is 9.95. The third-order valence-electron chi connectivity index (χ3n) is 2.89. The minimum Gasteiger partial charge on any atom is -0.497 e. The standard InChI is InChI=1S/C14H16N4O2/c1-15-13-9-16-12(8-17-13)14(19)18(2)10-4-6-11(20-3)7-5-10/h4-9H,1-3H3,(H,15,17). The van der Waals surface area contributed by atoms with Crippen molar-refractivity contribution >= 4 is 17.4 Å². The summed E-state index contributed by atoms with van der Waals surface area (Å²) >= 11 is 0. The number of carbonyl (C=O) groups excluding carboxylic acids is 1. The van der Waals surface area contributed by atoms with Crippen LogP contribution < -0.4 is 15.0 Å². The quantitative estimate of drug-likeness (QED) is 0.919. The van der Waals surface area contributed by atoms with E-state index >= 15 is 0 Å². The number of methoxy groups -OCH3 is 1. The van der Waals surface area contributed by atoms with Crippen LogP contribution in [-0.4, -0.2) is 37.1 Å². The second-order valence-corrected chi connectivity index (χ2v) is 4.10. The van der Waals surface area contributed by atoms with E-state index in [9.17, 15) is 4.79 Å². The molecule has 0 saturated carbocycles. The zero-order valence-corrected chi connectivity index (χ0v) is 11.6. The van der Waals surface area contributed by atoms with Crippen LogP contribution in [0.4, 0.5) is 11.5 Å². The lowest BCUT2D eigenvalue weighted by Gasteiger charge is -2.17. The van der Waals surface area contributed by atoms with Crippen LogP contribution in [0.3, 0.4) is 0 Å². The van der Waals surface area contributed by atoms with Crippen LogP contribution in [0.5, 0.6) is 5.75 Å². The van der Waals surface area contributed by atoms with Gasteiger partial charge in [-0.3, -0.25) is 4.79 Å². The molecule has 0 fully saturated rings. The summed E-state index contributed by atoms with van der Waals surface area (Å²) in [5.74, 6) is 1.15. The Hall–Kier alpha value is -2.63. The van der Waals surface area contributed by atoms with Crippen LogP contribution in [0.2, 0.25) is 0 Å². The van der Waals surface area contributed by atoms with E-state index in [4.69, 9.17) is 4.74 Å². The van der Waals surface area contributed by atoms with E-state index in [1.807, 2.05) is 12.1 Å². The Morgan fingerprint density at radius 1 is 1.20 bits per heavy atom. The molecule has 6 heteroatoms. The maximum atomic E-state index is 12.3. The molecule has 0 bridgehead atoms. The number of ether oxygens (including phenoxy) is 1. The van der Waals surface area contributed by atoms with Crippen molar-refractivity contribution in [1.29, 1.82) is 0 Å². The number of benzene rings is 1. The molecule has 0 saturated heterocycles. The summed E-state index contributed by atoms with van der Waals surface area (Å²) in [7, 11) is 5.04. The van der Waals surface area contributed by atoms with Crippen molar-refractivity contribution in [3.05, 3.63) is 42.4 Å². The molecule has 0 aliphatic rings. The highest BCUT2D eigenvalue weighted by molar-refractivity contribution is 6.04. The number of hydrogen-bond acceptors (Lipinski definition) is 5. The van der Waals surface area contributed by atoms with E-state index in [2.05, 4.69) is 15.3 Å². The second kappa shape index (κ2) is 6.01. The second-order valence-electron chi connectivity index (χ2n) is 4.10. The number of aromatic nitrogens is 2. The molecule has 0 radical (unpaired) electrons. The molecule has 0 aliphatic carbocycles.